The van der Waals surface area contributed by atoms with Gasteiger partial charge in [-0.2, -0.15) is 0 Å². The molecule has 0 amide bonds. The number of hydrogen-bond acceptors (Lipinski definition) is 1. The van der Waals surface area contributed by atoms with Crippen LogP contribution in [0.5, 0.6) is 5.75 Å². The molecule has 0 aliphatic heterocycles. The Bertz CT molecular complexity index is 1030. The van der Waals surface area contributed by atoms with Crippen LogP contribution in [0.25, 0.3) is 11.1 Å². The SMILES string of the molecule is C=CCCCCCCCCc1ccc(COc2ccc(-c3ccc(CC/C=C/CCC)cc3)cc2)cc1. The van der Waals surface area contributed by atoms with Gasteiger partial charge in [-0.05, 0) is 84.9 Å². The number of unbranched alkanes of at least 4 members (excludes halogenated alkanes) is 7. The van der Waals surface area contributed by atoms with Crippen LogP contribution in [0.4, 0.5) is 0 Å². The van der Waals surface area contributed by atoms with Crippen molar-refractivity contribution < 1.29 is 4.74 Å². The summed E-state index contributed by atoms with van der Waals surface area (Å²) in [5.74, 6) is 0.913. The summed E-state index contributed by atoms with van der Waals surface area (Å²) < 4.78 is 6.05. The Morgan fingerprint density at radius 1 is 0.568 bits per heavy atom. The van der Waals surface area contributed by atoms with Gasteiger partial charge in [-0.1, -0.05) is 118 Å². The van der Waals surface area contributed by atoms with Gasteiger partial charge >= 0.3 is 0 Å². The predicted octanol–water partition coefficient (Wildman–Crippen LogP) is 10.7. The van der Waals surface area contributed by atoms with Crippen molar-refractivity contribution in [2.75, 3.05) is 0 Å². The summed E-state index contributed by atoms with van der Waals surface area (Å²) in [6, 6.07) is 26.4. The zero-order chi connectivity index (χ0) is 26.0. The lowest BCUT2D eigenvalue weighted by atomic mass is 10.0. The maximum atomic E-state index is 6.05. The van der Waals surface area contributed by atoms with Crippen LogP contribution in [0, 0.1) is 0 Å². The lowest BCUT2D eigenvalue weighted by molar-refractivity contribution is 0.306. The largest absolute Gasteiger partial charge is 0.489 e. The average Bonchev–Trinajstić information content (AvgIpc) is 2.94. The molecule has 0 heterocycles. The van der Waals surface area contributed by atoms with E-state index in [1.807, 2.05) is 6.08 Å². The van der Waals surface area contributed by atoms with Crippen LogP contribution in [0.15, 0.2) is 97.6 Å². The van der Waals surface area contributed by atoms with E-state index in [2.05, 4.69) is 98.5 Å². The van der Waals surface area contributed by atoms with Gasteiger partial charge in [0.2, 0.25) is 0 Å². The first kappa shape index (κ1) is 28.5. The number of allylic oxidation sites excluding steroid dienone is 3. The van der Waals surface area contributed by atoms with Gasteiger partial charge in [0.1, 0.15) is 12.4 Å². The molecular formula is C36H46O. The molecule has 0 unspecified atom stereocenters. The van der Waals surface area contributed by atoms with E-state index in [9.17, 15) is 0 Å². The molecule has 0 aromatic heterocycles. The van der Waals surface area contributed by atoms with Gasteiger partial charge in [0.05, 0.1) is 0 Å². The number of aryl methyl sites for hydroxylation is 2. The zero-order valence-corrected chi connectivity index (χ0v) is 23.0. The predicted molar refractivity (Wildman–Crippen MR) is 161 cm³/mol. The molecule has 3 aromatic rings. The molecule has 1 heteroatoms. The maximum Gasteiger partial charge on any atom is 0.119 e. The van der Waals surface area contributed by atoms with E-state index < -0.39 is 0 Å². The summed E-state index contributed by atoms with van der Waals surface area (Å²) in [6.45, 7) is 6.61. The van der Waals surface area contributed by atoms with E-state index in [1.165, 1.54) is 85.6 Å². The van der Waals surface area contributed by atoms with Gasteiger partial charge in [0, 0.05) is 0 Å². The number of benzene rings is 3. The minimum absolute atomic E-state index is 0.603. The normalized spacial score (nSPS) is 11.2. The summed E-state index contributed by atoms with van der Waals surface area (Å²) in [7, 11) is 0. The van der Waals surface area contributed by atoms with Crippen molar-refractivity contribution in [2.45, 2.75) is 90.6 Å². The molecule has 0 fully saturated rings. The van der Waals surface area contributed by atoms with Crippen molar-refractivity contribution >= 4 is 0 Å². The number of ether oxygens (including phenoxy) is 1. The Hall–Kier alpha value is -3.06. The molecule has 0 aliphatic carbocycles. The molecular weight excluding hydrogens is 448 g/mol. The molecule has 0 saturated heterocycles. The second-order valence-corrected chi connectivity index (χ2v) is 10.1. The van der Waals surface area contributed by atoms with Gasteiger partial charge in [-0.25, -0.2) is 0 Å². The van der Waals surface area contributed by atoms with Crippen LogP contribution in [-0.4, -0.2) is 0 Å². The summed E-state index contributed by atoms with van der Waals surface area (Å²) in [5, 5.41) is 0. The van der Waals surface area contributed by atoms with Crippen molar-refractivity contribution in [3.05, 3.63) is 114 Å². The van der Waals surface area contributed by atoms with E-state index in [0.29, 0.717) is 6.61 Å². The Morgan fingerprint density at radius 2 is 1.11 bits per heavy atom. The summed E-state index contributed by atoms with van der Waals surface area (Å²) in [5.41, 5.74) is 6.52. The van der Waals surface area contributed by atoms with Crippen LogP contribution in [0.1, 0.15) is 87.8 Å². The van der Waals surface area contributed by atoms with Crippen LogP contribution < -0.4 is 4.74 Å². The fraction of sp³-hybridized carbons (Fsp3) is 0.389. The van der Waals surface area contributed by atoms with Gasteiger partial charge in [-0.3, -0.25) is 0 Å². The standard InChI is InChI=1S/C36H46O/c1-3-5-7-9-10-11-13-15-16-31-18-20-33(21-19-31)30-37-36-28-26-35(27-29-36)34-24-22-32(23-25-34)17-14-12-8-6-4-2/h3,8,12,18-29H,1,4-7,9-11,13-17,30H2,2H3/b12-8+. The van der Waals surface area contributed by atoms with Crippen molar-refractivity contribution in [2.24, 2.45) is 0 Å². The molecule has 196 valence electrons. The first-order chi connectivity index (χ1) is 18.3. The molecule has 0 saturated carbocycles. The Labute approximate surface area is 226 Å². The van der Waals surface area contributed by atoms with Crippen molar-refractivity contribution in [1.29, 1.82) is 0 Å². The van der Waals surface area contributed by atoms with Crippen LogP contribution in [0.3, 0.4) is 0 Å². The first-order valence-electron chi connectivity index (χ1n) is 14.4. The molecule has 0 aliphatic rings. The van der Waals surface area contributed by atoms with Gasteiger partial charge in [0.15, 0.2) is 0 Å². The highest BCUT2D eigenvalue weighted by Gasteiger charge is 2.02. The summed E-state index contributed by atoms with van der Waals surface area (Å²) in [6.07, 6.45) is 21.5. The highest BCUT2D eigenvalue weighted by Crippen LogP contribution is 2.24. The van der Waals surface area contributed by atoms with E-state index in [1.54, 1.807) is 0 Å². The fourth-order valence-corrected chi connectivity index (χ4v) is 4.55. The molecule has 3 aromatic carbocycles. The second kappa shape index (κ2) is 17.4. The first-order valence-corrected chi connectivity index (χ1v) is 14.4. The molecule has 0 atom stereocenters. The quantitative estimate of drug-likeness (QED) is 0.126. The lowest BCUT2D eigenvalue weighted by Gasteiger charge is -2.09. The Kier molecular flexibility index (Phi) is 13.4. The van der Waals surface area contributed by atoms with Crippen LogP contribution in [-0.2, 0) is 19.4 Å². The molecule has 0 N–H and O–H groups in total. The third kappa shape index (κ3) is 11.3. The monoisotopic (exact) mass is 494 g/mol. The Morgan fingerprint density at radius 3 is 1.78 bits per heavy atom. The molecule has 0 radical (unpaired) electrons. The van der Waals surface area contributed by atoms with Crippen LogP contribution in [0.2, 0.25) is 0 Å². The van der Waals surface area contributed by atoms with Crippen molar-refractivity contribution in [3.63, 3.8) is 0 Å². The summed E-state index contributed by atoms with van der Waals surface area (Å²) >= 11 is 0. The Balaban J connectivity index is 1.36. The smallest absolute Gasteiger partial charge is 0.119 e. The van der Waals surface area contributed by atoms with Crippen molar-refractivity contribution in [3.8, 4) is 16.9 Å². The maximum absolute atomic E-state index is 6.05. The molecule has 1 nitrogen and oxygen atoms in total. The van der Waals surface area contributed by atoms with Crippen LogP contribution >= 0.6 is 0 Å². The minimum Gasteiger partial charge on any atom is -0.489 e. The molecule has 37 heavy (non-hydrogen) atoms. The highest BCUT2D eigenvalue weighted by molar-refractivity contribution is 5.64. The minimum atomic E-state index is 0.603. The van der Waals surface area contributed by atoms with E-state index in [-0.39, 0.29) is 0 Å². The molecule has 3 rings (SSSR count). The van der Waals surface area contributed by atoms with Gasteiger partial charge < -0.3 is 4.74 Å². The third-order valence-corrected chi connectivity index (χ3v) is 6.92. The van der Waals surface area contributed by atoms with Gasteiger partial charge in [-0.15, -0.1) is 6.58 Å². The van der Waals surface area contributed by atoms with E-state index >= 15 is 0 Å². The number of rotatable bonds is 18. The topological polar surface area (TPSA) is 9.23 Å². The molecule has 0 bridgehead atoms. The lowest BCUT2D eigenvalue weighted by Crippen LogP contribution is -1.96. The fourth-order valence-electron chi connectivity index (χ4n) is 4.55. The van der Waals surface area contributed by atoms with E-state index in [4.69, 9.17) is 4.74 Å². The zero-order valence-electron chi connectivity index (χ0n) is 23.0. The van der Waals surface area contributed by atoms with Crippen molar-refractivity contribution in [1.82, 2.24) is 0 Å². The van der Waals surface area contributed by atoms with E-state index in [0.717, 1.165) is 25.0 Å². The average molecular weight is 495 g/mol. The second-order valence-electron chi connectivity index (χ2n) is 10.1. The number of hydrogen-bond donors (Lipinski definition) is 0. The third-order valence-electron chi connectivity index (χ3n) is 6.92. The molecule has 0 spiro atoms. The highest BCUT2D eigenvalue weighted by atomic mass is 16.5. The van der Waals surface area contributed by atoms with Gasteiger partial charge in [0.25, 0.3) is 0 Å². The summed E-state index contributed by atoms with van der Waals surface area (Å²) in [4.78, 5) is 0.